The van der Waals surface area contributed by atoms with Gasteiger partial charge in [0.2, 0.25) is 0 Å². The lowest BCUT2D eigenvalue weighted by molar-refractivity contribution is 0.0999. The number of amides is 1. The van der Waals surface area contributed by atoms with Crippen molar-refractivity contribution in [2.45, 2.75) is 65.6 Å². The van der Waals surface area contributed by atoms with Gasteiger partial charge in [0, 0.05) is 35.5 Å². The number of fused-ring (bicyclic) bond motifs is 2. The first-order valence-corrected chi connectivity index (χ1v) is 14.9. The van der Waals surface area contributed by atoms with E-state index in [-0.39, 0.29) is 18.5 Å². The van der Waals surface area contributed by atoms with Crippen molar-refractivity contribution in [2.75, 3.05) is 13.1 Å². The van der Waals surface area contributed by atoms with Gasteiger partial charge in [-0.1, -0.05) is 26.0 Å². The average Bonchev–Trinajstić information content (AvgIpc) is 3.57. The summed E-state index contributed by atoms with van der Waals surface area (Å²) in [6, 6.07) is 10.5. The second-order valence-electron chi connectivity index (χ2n) is 12.3. The highest BCUT2D eigenvalue weighted by Crippen LogP contribution is 2.37. The van der Waals surface area contributed by atoms with Gasteiger partial charge in [-0.3, -0.25) is 9.48 Å². The molecule has 10 heteroatoms. The van der Waals surface area contributed by atoms with Crippen molar-refractivity contribution in [1.29, 1.82) is 0 Å². The number of carbonyl (C=O) groups is 1. The SMILES string of the molecule is CC(C)Cc1nc2c(cnn2C2CCN(C(C)C)CC2)c(-c2ccc3c(cnn3Cc3ccc(F)c(F)c3)c2)c1C(N)=O. The van der Waals surface area contributed by atoms with E-state index in [2.05, 4.69) is 37.7 Å². The van der Waals surface area contributed by atoms with Gasteiger partial charge in [0.25, 0.3) is 5.91 Å². The normalized spacial score (nSPS) is 15.0. The van der Waals surface area contributed by atoms with E-state index in [9.17, 15) is 13.6 Å². The Hall–Kier alpha value is -4.18. The molecule has 5 aromatic rings. The number of hydrogen-bond donors (Lipinski definition) is 1. The van der Waals surface area contributed by atoms with Crippen LogP contribution in [-0.2, 0) is 13.0 Å². The molecule has 2 aromatic carbocycles. The van der Waals surface area contributed by atoms with Crippen molar-refractivity contribution in [1.82, 2.24) is 29.4 Å². The number of aromatic nitrogens is 5. The molecule has 3 aromatic heterocycles. The first-order valence-electron chi connectivity index (χ1n) is 14.9. The van der Waals surface area contributed by atoms with Gasteiger partial charge in [-0.05, 0) is 74.4 Å². The summed E-state index contributed by atoms with van der Waals surface area (Å²) >= 11 is 0. The number of likely N-dealkylation sites (tertiary alicyclic amines) is 1. The number of pyridine rings is 1. The number of rotatable bonds is 8. The van der Waals surface area contributed by atoms with Gasteiger partial charge < -0.3 is 10.6 Å². The van der Waals surface area contributed by atoms with Crippen LogP contribution in [-0.4, -0.2) is 54.5 Å². The Morgan fingerprint density at radius 3 is 2.44 bits per heavy atom. The summed E-state index contributed by atoms with van der Waals surface area (Å²) in [4.78, 5) is 20.6. The zero-order valence-electron chi connectivity index (χ0n) is 25.0. The highest BCUT2D eigenvalue weighted by atomic mass is 19.2. The third-order valence-electron chi connectivity index (χ3n) is 8.49. The molecule has 0 atom stereocenters. The number of primary amides is 1. The quantitative estimate of drug-likeness (QED) is 0.237. The Morgan fingerprint density at radius 2 is 1.77 bits per heavy atom. The predicted molar refractivity (Wildman–Crippen MR) is 164 cm³/mol. The van der Waals surface area contributed by atoms with E-state index in [1.165, 1.54) is 6.07 Å². The van der Waals surface area contributed by atoms with E-state index in [1.54, 1.807) is 16.9 Å². The average molecular weight is 586 g/mol. The van der Waals surface area contributed by atoms with E-state index in [1.807, 2.05) is 29.1 Å². The minimum Gasteiger partial charge on any atom is -0.366 e. The summed E-state index contributed by atoms with van der Waals surface area (Å²) in [5.41, 5.74) is 10.9. The highest BCUT2D eigenvalue weighted by Gasteiger charge is 2.28. The van der Waals surface area contributed by atoms with Crippen molar-refractivity contribution >= 4 is 27.8 Å². The highest BCUT2D eigenvalue weighted by molar-refractivity contribution is 6.09. The van der Waals surface area contributed by atoms with E-state index in [4.69, 9.17) is 15.8 Å². The monoisotopic (exact) mass is 585 g/mol. The van der Waals surface area contributed by atoms with Crippen LogP contribution < -0.4 is 5.73 Å². The Kier molecular flexibility index (Phi) is 7.72. The fourth-order valence-corrected chi connectivity index (χ4v) is 6.30. The molecule has 6 rings (SSSR count). The third kappa shape index (κ3) is 5.51. The lowest BCUT2D eigenvalue weighted by atomic mass is 9.92. The summed E-state index contributed by atoms with van der Waals surface area (Å²) in [5, 5.41) is 11.0. The van der Waals surface area contributed by atoms with Gasteiger partial charge in [-0.2, -0.15) is 10.2 Å². The van der Waals surface area contributed by atoms with E-state index < -0.39 is 17.5 Å². The summed E-state index contributed by atoms with van der Waals surface area (Å²) in [7, 11) is 0. The van der Waals surface area contributed by atoms with Crippen molar-refractivity contribution in [2.24, 2.45) is 11.7 Å². The van der Waals surface area contributed by atoms with Crippen LogP contribution in [0, 0.1) is 17.6 Å². The Labute approximate surface area is 249 Å². The van der Waals surface area contributed by atoms with Gasteiger partial charge in [0.05, 0.1) is 41.8 Å². The van der Waals surface area contributed by atoms with E-state index >= 15 is 0 Å². The van der Waals surface area contributed by atoms with Crippen LogP contribution >= 0.6 is 0 Å². The number of hydrogen-bond acceptors (Lipinski definition) is 5. The number of carbonyl (C=O) groups excluding carboxylic acids is 1. The summed E-state index contributed by atoms with van der Waals surface area (Å²) in [6.45, 7) is 10.9. The van der Waals surface area contributed by atoms with Crippen LogP contribution in [0.5, 0.6) is 0 Å². The van der Waals surface area contributed by atoms with Crippen molar-refractivity contribution in [3.05, 3.63) is 77.2 Å². The van der Waals surface area contributed by atoms with Crippen molar-refractivity contribution in [3.8, 4) is 11.1 Å². The summed E-state index contributed by atoms with van der Waals surface area (Å²) in [6.07, 6.45) is 6.11. The van der Waals surface area contributed by atoms with E-state index in [0.29, 0.717) is 29.3 Å². The smallest absolute Gasteiger partial charge is 0.251 e. The maximum atomic E-state index is 13.8. The lowest BCUT2D eigenvalue weighted by Crippen LogP contribution is -2.39. The van der Waals surface area contributed by atoms with Crippen LogP contribution in [0.4, 0.5) is 8.78 Å². The fraction of sp³-hybridized carbons (Fsp3) is 0.394. The topological polar surface area (TPSA) is 94.9 Å². The van der Waals surface area contributed by atoms with Crippen LogP contribution in [0.2, 0.25) is 0 Å². The first kappa shape index (κ1) is 28.9. The third-order valence-corrected chi connectivity index (χ3v) is 8.49. The minimum atomic E-state index is -0.889. The largest absolute Gasteiger partial charge is 0.366 e. The zero-order chi connectivity index (χ0) is 30.4. The van der Waals surface area contributed by atoms with Crippen molar-refractivity contribution in [3.63, 3.8) is 0 Å². The van der Waals surface area contributed by atoms with Gasteiger partial charge in [-0.25, -0.2) is 18.4 Å². The molecule has 2 N–H and O–H groups in total. The van der Waals surface area contributed by atoms with Gasteiger partial charge in [0.1, 0.15) is 0 Å². The molecule has 1 amide bonds. The number of nitrogens with zero attached hydrogens (tertiary/aromatic N) is 6. The Balaban J connectivity index is 1.45. The standard InChI is InChI=1S/C33H37F2N7O/c1-19(2)13-28-31(32(36)43)30(25-17-38-42(33(25)39-28)24-9-11-40(12-10-24)20(3)4)22-6-8-29-23(15-22)16-37-41(29)18-21-5-7-26(34)27(35)14-21/h5-8,14-17,19-20,24H,9-13,18H2,1-4H3,(H2,36,43). The maximum absolute atomic E-state index is 13.8. The molecule has 0 saturated carbocycles. The predicted octanol–water partition coefficient (Wildman–Crippen LogP) is 6.12. The van der Waals surface area contributed by atoms with Crippen LogP contribution in [0.1, 0.15) is 68.2 Å². The first-order chi connectivity index (χ1) is 20.6. The molecule has 1 aliphatic rings. The molecule has 224 valence electrons. The molecule has 1 fully saturated rings. The Morgan fingerprint density at radius 1 is 1.00 bits per heavy atom. The number of halogens is 2. The maximum Gasteiger partial charge on any atom is 0.251 e. The zero-order valence-corrected chi connectivity index (χ0v) is 25.0. The van der Waals surface area contributed by atoms with Crippen LogP contribution in [0.3, 0.4) is 0 Å². The Bertz CT molecular complexity index is 1820. The molecule has 0 radical (unpaired) electrons. The number of nitrogens with two attached hydrogens (primary N) is 1. The number of piperidine rings is 1. The van der Waals surface area contributed by atoms with Crippen LogP contribution in [0.25, 0.3) is 33.1 Å². The summed E-state index contributed by atoms with van der Waals surface area (Å²) < 4.78 is 31.1. The van der Waals surface area contributed by atoms with Crippen molar-refractivity contribution < 1.29 is 13.6 Å². The van der Waals surface area contributed by atoms with Crippen LogP contribution in [0.15, 0.2) is 48.8 Å². The molecule has 43 heavy (non-hydrogen) atoms. The molecule has 1 aliphatic heterocycles. The van der Waals surface area contributed by atoms with Gasteiger partial charge in [-0.15, -0.1) is 0 Å². The second kappa shape index (κ2) is 11.5. The molecule has 1 saturated heterocycles. The molecule has 4 heterocycles. The molecule has 0 bridgehead atoms. The molecular weight excluding hydrogens is 548 g/mol. The molecule has 0 unspecified atom stereocenters. The van der Waals surface area contributed by atoms with E-state index in [0.717, 1.165) is 65.1 Å². The van der Waals surface area contributed by atoms with Gasteiger partial charge in [0.15, 0.2) is 17.3 Å². The molecule has 8 nitrogen and oxygen atoms in total. The minimum absolute atomic E-state index is 0.219. The number of benzene rings is 2. The molecule has 0 aliphatic carbocycles. The molecule has 0 spiro atoms. The summed E-state index contributed by atoms with van der Waals surface area (Å²) in [5.74, 6) is -2.03. The van der Waals surface area contributed by atoms with Gasteiger partial charge >= 0.3 is 0 Å². The fourth-order valence-electron chi connectivity index (χ4n) is 6.30. The second-order valence-corrected chi connectivity index (χ2v) is 12.3. The molecular formula is C33H37F2N7O. The lowest BCUT2D eigenvalue weighted by Gasteiger charge is -2.34.